The van der Waals surface area contributed by atoms with Gasteiger partial charge in [-0.25, -0.2) is 0 Å². The van der Waals surface area contributed by atoms with Crippen molar-refractivity contribution < 1.29 is 0 Å². The summed E-state index contributed by atoms with van der Waals surface area (Å²) in [6.45, 7) is 5.56. The van der Waals surface area contributed by atoms with E-state index in [2.05, 4.69) is 17.1 Å². The second kappa shape index (κ2) is 4.60. The third-order valence-electron chi connectivity index (χ3n) is 3.69. The van der Waals surface area contributed by atoms with Crippen LogP contribution in [-0.4, -0.2) is 42.7 Å². The van der Waals surface area contributed by atoms with Crippen molar-refractivity contribution in [2.24, 2.45) is 5.73 Å². The molecule has 0 aromatic rings. The van der Waals surface area contributed by atoms with Crippen molar-refractivity contribution in [2.45, 2.75) is 50.7 Å². The van der Waals surface area contributed by atoms with E-state index in [1.807, 2.05) is 0 Å². The number of rotatable bonds is 3. The van der Waals surface area contributed by atoms with Gasteiger partial charge in [-0.3, -0.25) is 0 Å². The molecule has 2 aliphatic heterocycles. The first-order valence-electron chi connectivity index (χ1n) is 5.99. The summed E-state index contributed by atoms with van der Waals surface area (Å²) in [6, 6.07) is 2.06. The first-order chi connectivity index (χ1) is 6.79. The molecule has 14 heavy (non-hydrogen) atoms. The fourth-order valence-electron chi connectivity index (χ4n) is 2.85. The topological polar surface area (TPSA) is 41.3 Å². The molecule has 0 saturated carbocycles. The molecule has 0 amide bonds. The Labute approximate surface area is 87.0 Å². The molecule has 0 bridgehead atoms. The maximum Gasteiger partial charge on any atom is 0.0164 e. The highest BCUT2D eigenvalue weighted by Crippen LogP contribution is 2.26. The van der Waals surface area contributed by atoms with E-state index in [0.717, 1.165) is 12.6 Å². The van der Waals surface area contributed by atoms with Crippen LogP contribution in [0, 0.1) is 0 Å². The SMILES string of the molecule is CC(CN)NC1CCN2CCCC2C1. The van der Waals surface area contributed by atoms with Gasteiger partial charge in [-0.1, -0.05) is 0 Å². The first-order valence-corrected chi connectivity index (χ1v) is 5.99. The van der Waals surface area contributed by atoms with E-state index in [1.54, 1.807) is 0 Å². The Bertz CT molecular complexity index is 183. The van der Waals surface area contributed by atoms with Crippen LogP contribution in [0.1, 0.15) is 32.6 Å². The summed E-state index contributed by atoms with van der Waals surface area (Å²) in [5.41, 5.74) is 5.62. The van der Waals surface area contributed by atoms with Crippen molar-refractivity contribution in [3.8, 4) is 0 Å². The fraction of sp³-hybridized carbons (Fsp3) is 1.00. The number of hydrogen-bond donors (Lipinski definition) is 2. The maximum absolute atomic E-state index is 5.62. The van der Waals surface area contributed by atoms with Gasteiger partial charge in [-0.15, -0.1) is 0 Å². The summed E-state index contributed by atoms with van der Waals surface area (Å²) in [7, 11) is 0. The lowest BCUT2D eigenvalue weighted by atomic mass is 9.97. The van der Waals surface area contributed by atoms with Gasteiger partial charge in [-0.2, -0.15) is 0 Å². The predicted octanol–water partition coefficient (Wildman–Crippen LogP) is 0.550. The van der Waals surface area contributed by atoms with Gasteiger partial charge in [0, 0.05) is 24.7 Å². The number of hydrogen-bond acceptors (Lipinski definition) is 3. The maximum atomic E-state index is 5.62. The Hall–Kier alpha value is -0.120. The van der Waals surface area contributed by atoms with Gasteiger partial charge in [-0.05, 0) is 45.7 Å². The number of piperidine rings is 1. The number of nitrogens with zero attached hydrogens (tertiary/aromatic N) is 1. The predicted molar refractivity (Wildman–Crippen MR) is 59.3 cm³/mol. The number of nitrogens with two attached hydrogens (primary N) is 1. The molecule has 2 fully saturated rings. The molecule has 0 radical (unpaired) electrons. The molecule has 0 aromatic carbocycles. The zero-order valence-corrected chi connectivity index (χ0v) is 9.21. The van der Waals surface area contributed by atoms with E-state index in [0.29, 0.717) is 12.1 Å². The standard InChI is InChI=1S/C11H23N3/c1-9(8-12)13-10-4-6-14-5-2-3-11(14)7-10/h9-11,13H,2-8,12H2,1H3. The van der Waals surface area contributed by atoms with Gasteiger partial charge in [0.25, 0.3) is 0 Å². The normalized spacial score (nSPS) is 35.6. The molecular weight excluding hydrogens is 174 g/mol. The zero-order valence-electron chi connectivity index (χ0n) is 9.21. The zero-order chi connectivity index (χ0) is 9.97. The highest BCUT2D eigenvalue weighted by molar-refractivity contribution is 4.89. The van der Waals surface area contributed by atoms with Crippen molar-refractivity contribution in [3.63, 3.8) is 0 Å². The van der Waals surface area contributed by atoms with Gasteiger partial charge in [0.2, 0.25) is 0 Å². The molecule has 0 spiro atoms. The Kier molecular flexibility index (Phi) is 3.42. The Morgan fingerprint density at radius 3 is 3.07 bits per heavy atom. The molecule has 3 unspecified atom stereocenters. The highest BCUT2D eigenvalue weighted by atomic mass is 15.2. The number of nitrogens with one attached hydrogen (secondary N) is 1. The fourth-order valence-corrected chi connectivity index (χ4v) is 2.85. The third-order valence-corrected chi connectivity index (χ3v) is 3.69. The van der Waals surface area contributed by atoms with E-state index < -0.39 is 0 Å². The van der Waals surface area contributed by atoms with Crippen molar-refractivity contribution in [3.05, 3.63) is 0 Å². The van der Waals surface area contributed by atoms with Crippen molar-refractivity contribution >= 4 is 0 Å². The van der Waals surface area contributed by atoms with E-state index in [-0.39, 0.29) is 0 Å². The molecular formula is C11H23N3. The Morgan fingerprint density at radius 2 is 2.29 bits per heavy atom. The van der Waals surface area contributed by atoms with E-state index in [1.165, 1.54) is 38.8 Å². The van der Waals surface area contributed by atoms with Crippen LogP contribution in [0.15, 0.2) is 0 Å². The summed E-state index contributed by atoms with van der Waals surface area (Å²) in [5, 5.41) is 3.63. The molecule has 3 atom stereocenters. The lowest BCUT2D eigenvalue weighted by molar-refractivity contribution is 0.162. The van der Waals surface area contributed by atoms with Crippen LogP contribution in [0.4, 0.5) is 0 Å². The Morgan fingerprint density at radius 1 is 1.43 bits per heavy atom. The molecule has 2 saturated heterocycles. The summed E-state index contributed by atoms with van der Waals surface area (Å²) >= 11 is 0. The quantitative estimate of drug-likeness (QED) is 0.694. The minimum atomic E-state index is 0.480. The van der Waals surface area contributed by atoms with Gasteiger partial charge >= 0.3 is 0 Å². The van der Waals surface area contributed by atoms with Crippen LogP contribution in [0.2, 0.25) is 0 Å². The lowest BCUT2D eigenvalue weighted by Gasteiger charge is -2.36. The van der Waals surface area contributed by atoms with Gasteiger partial charge in [0.15, 0.2) is 0 Å². The van der Waals surface area contributed by atoms with Crippen molar-refractivity contribution in [1.29, 1.82) is 0 Å². The monoisotopic (exact) mass is 197 g/mol. The molecule has 3 nitrogen and oxygen atoms in total. The molecule has 2 aliphatic rings. The molecule has 0 aliphatic carbocycles. The molecule has 3 N–H and O–H groups in total. The molecule has 82 valence electrons. The summed E-state index contributed by atoms with van der Waals surface area (Å²) in [6.07, 6.45) is 5.46. The van der Waals surface area contributed by atoms with Crippen LogP contribution in [-0.2, 0) is 0 Å². The summed E-state index contributed by atoms with van der Waals surface area (Å²) < 4.78 is 0. The minimum Gasteiger partial charge on any atom is -0.329 e. The first kappa shape index (κ1) is 10.4. The Balaban J connectivity index is 1.79. The minimum absolute atomic E-state index is 0.480. The van der Waals surface area contributed by atoms with Crippen LogP contribution in [0.5, 0.6) is 0 Å². The van der Waals surface area contributed by atoms with Crippen LogP contribution < -0.4 is 11.1 Å². The molecule has 2 heterocycles. The van der Waals surface area contributed by atoms with Crippen LogP contribution in [0.25, 0.3) is 0 Å². The summed E-state index contributed by atoms with van der Waals surface area (Å²) in [5.74, 6) is 0. The van der Waals surface area contributed by atoms with Crippen molar-refractivity contribution in [1.82, 2.24) is 10.2 Å². The smallest absolute Gasteiger partial charge is 0.0164 e. The molecule has 3 heteroatoms. The van der Waals surface area contributed by atoms with E-state index in [4.69, 9.17) is 5.73 Å². The van der Waals surface area contributed by atoms with E-state index in [9.17, 15) is 0 Å². The van der Waals surface area contributed by atoms with E-state index >= 15 is 0 Å². The largest absolute Gasteiger partial charge is 0.329 e. The second-order valence-corrected chi connectivity index (χ2v) is 4.86. The lowest BCUT2D eigenvalue weighted by Crippen LogP contribution is -2.49. The van der Waals surface area contributed by atoms with Crippen LogP contribution in [0.3, 0.4) is 0 Å². The van der Waals surface area contributed by atoms with Gasteiger partial charge < -0.3 is 16.0 Å². The average molecular weight is 197 g/mol. The number of fused-ring (bicyclic) bond motifs is 1. The molecule has 0 aromatic heterocycles. The van der Waals surface area contributed by atoms with Crippen LogP contribution >= 0.6 is 0 Å². The average Bonchev–Trinajstić information content (AvgIpc) is 2.64. The van der Waals surface area contributed by atoms with Gasteiger partial charge in [0.05, 0.1) is 0 Å². The highest BCUT2D eigenvalue weighted by Gasteiger charge is 2.31. The summed E-state index contributed by atoms with van der Waals surface area (Å²) in [4.78, 5) is 2.66. The third kappa shape index (κ3) is 2.27. The second-order valence-electron chi connectivity index (χ2n) is 4.86. The molecule has 2 rings (SSSR count). The van der Waals surface area contributed by atoms with Crippen molar-refractivity contribution in [2.75, 3.05) is 19.6 Å². The van der Waals surface area contributed by atoms with Gasteiger partial charge in [0.1, 0.15) is 0 Å².